The lowest BCUT2D eigenvalue weighted by molar-refractivity contribution is 0.480. The molecule has 1 unspecified atom stereocenters. The van der Waals surface area contributed by atoms with Gasteiger partial charge in [-0.1, -0.05) is 65.1 Å². The molecule has 1 aliphatic heterocycles. The molecule has 0 N–H and O–H groups in total. The van der Waals surface area contributed by atoms with Gasteiger partial charge in [0.05, 0.1) is 7.11 Å². The Hall–Kier alpha value is -0.460. The molecule has 1 heterocycles. The van der Waals surface area contributed by atoms with Gasteiger partial charge in [-0.2, -0.15) is 8.76 Å². The van der Waals surface area contributed by atoms with Crippen LogP contribution in [0.3, 0.4) is 0 Å². The first-order valence-electron chi connectivity index (χ1n) is 4.81. The van der Waals surface area contributed by atoms with Crippen LogP contribution in [-0.4, -0.2) is 22.6 Å². The van der Waals surface area contributed by atoms with Gasteiger partial charge in [-0.05, 0) is 0 Å². The van der Waals surface area contributed by atoms with Gasteiger partial charge < -0.3 is 0 Å². The summed E-state index contributed by atoms with van der Waals surface area (Å²) in [6.45, 7) is 0. The molecule has 0 saturated carbocycles. The van der Waals surface area contributed by atoms with Crippen molar-refractivity contribution in [2.75, 3.05) is 7.11 Å². The van der Waals surface area contributed by atoms with Gasteiger partial charge in [0.15, 0.2) is 22.8 Å². The van der Waals surface area contributed by atoms with Gasteiger partial charge in [0.1, 0.15) is 0 Å². The van der Waals surface area contributed by atoms with Crippen LogP contribution in [0, 0.1) is 0 Å². The van der Waals surface area contributed by atoms with Crippen LogP contribution in [0.25, 0.3) is 0 Å². The maximum atomic E-state index is 5.79. The van der Waals surface area contributed by atoms with Gasteiger partial charge in [0, 0.05) is 5.56 Å². The molecule has 1 aliphatic rings. The summed E-state index contributed by atoms with van der Waals surface area (Å²) in [5.74, 6) is 0.517. The summed E-state index contributed by atoms with van der Waals surface area (Å²) in [6, 6.07) is 9.37. The van der Waals surface area contributed by atoms with E-state index in [1.165, 1.54) is 7.11 Å². The number of hydrogen-bond acceptors (Lipinski definition) is 4. The zero-order valence-corrected chi connectivity index (χ0v) is 12.3. The van der Waals surface area contributed by atoms with E-state index in [0.717, 1.165) is 5.56 Å². The maximum Gasteiger partial charge on any atom is 0.250 e. The first-order valence-corrected chi connectivity index (χ1v) is 7.01. The number of benzene rings is 1. The Labute approximate surface area is 122 Å². The molecule has 4 nitrogen and oxygen atoms in total. The largest absolute Gasteiger partial charge is 0.292 e. The first-order chi connectivity index (χ1) is 8.50. The van der Waals surface area contributed by atoms with E-state index in [9.17, 15) is 0 Å². The minimum atomic E-state index is -1.69. The highest BCUT2D eigenvalue weighted by Gasteiger charge is 2.31. The summed E-state index contributed by atoms with van der Waals surface area (Å²) in [4.78, 5) is 4.15. The van der Waals surface area contributed by atoms with E-state index in [1.54, 1.807) is 0 Å². The van der Waals surface area contributed by atoms with Crippen LogP contribution in [0.2, 0.25) is 0 Å². The van der Waals surface area contributed by atoms with Crippen LogP contribution in [0.5, 0.6) is 0 Å². The molecule has 18 heavy (non-hydrogen) atoms. The third-order valence-corrected chi connectivity index (χ3v) is 3.44. The molecule has 0 radical (unpaired) electrons. The van der Waals surface area contributed by atoms with E-state index in [4.69, 9.17) is 39.0 Å². The molecule has 2 rings (SSSR count). The van der Waals surface area contributed by atoms with E-state index < -0.39 is 15.0 Å². The number of rotatable bonds is 2. The fourth-order valence-electron chi connectivity index (χ4n) is 1.20. The highest BCUT2D eigenvalue weighted by atomic mass is 35.6. The van der Waals surface area contributed by atoms with Crippen molar-refractivity contribution >= 4 is 57.6 Å². The van der Waals surface area contributed by atoms with Crippen molar-refractivity contribution in [1.82, 2.24) is 0 Å². The van der Waals surface area contributed by atoms with Crippen molar-refractivity contribution in [3.8, 4) is 0 Å². The van der Waals surface area contributed by atoms with Crippen molar-refractivity contribution in [3.05, 3.63) is 35.9 Å². The molecule has 1 atom stereocenters. The summed E-state index contributed by atoms with van der Waals surface area (Å²) in [6.07, 6.45) is 0. The number of hydrogen-bond donors (Lipinski definition) is 0. The van der Waals surface area contributed by atoms with Crippen molar-refractivity contribution in [3.63, 3.8) is 0 Å². The third-order valence-electron chi connectivity index (χ3n) is 1.98. The lowest BCUT2D eigenvalue weighted by Crippen LogP contribution is -2.22. The molecule has 8 heteroatoms. The van der Waals surface area contributed by atoms with Crippen molar-refractivity contribution < 1.29 is 4.18 Å². The van der Waals surface area contributed by atoms with E-state index >= 15 is 0 Å². The molecule has 0 aliphatic carbocycles. The van der Waals surface area contributed by atoms with Gasteiger partial charge in [-0.15, -0.1) is 0 Å². The van der Waals surface area contributed by atoms with Gasteiger partial charge in [-0.25, -0.2) is 4.99 Å². The summed E-state index contributed by atoms with van der Waals surface area (Å²) >= 11 is 16.3. The topological polar surface area (TPSA) is 46.3 Å². The zero-order chi connectivity index (χ0) is 13.2. The van der Waals surface area contributed by atoms with Crippen LogP contribution in [0.15, 0.2) is 44.1 Å². The molecule has 0 spiro atoms. The predicted molar refractivity (Wildman–Crippen MR) is 77.5 cm³/mol. The third kappa shape index (κ3) is 3.30. The van der Waals surface area contributed by atoms with Gasteiger partial charge in [0.2, 0.25) is 0 Å². The molecular weight excluding hydrogens is 317 g/mol. The highest BCUT2D eigenvalue weighted by Crippen LogP contribution is 2.30. The molecule has 0 fully saturated rings. The second-order valence-corrected chi connectivity index (χ2v) is 6.64. The van der Waals surface area contributed by atoms with Gasteiger partial charge in [0.25, 0.3) is 3.79 Å². The number of aliphatic imine (C=N–C) groups is 1. The number of amidine groups is 2. The number of halogens is 3. The van der Waals surface area contributed by atoms with Crippen molar-refractivity contribution in [2.45, 2.75) is 3.79 Å². The van der Waals surface area contributed by atoms with Crippen LogP contribution < -0.4 is 0 Å². The van der Waals surface area contributed by atoms with Gasteiger partial charge in [-0.3, -0.25) is 4.18 Å². The zero-order valence-electron chi connectivity index (χ0n) is 9.18. The average Bonchev–Trinajstić information content (AvgIpc) is 2.38. The lowest BCUT2D eigenvalue weighted by Gasteiger charge is -2.15. The normalized spacial score (nSPS) is 19.9. The monoisotopic (exact) mass is 323 g/mol. The van der Waals surface area contributed by atoms with Crippen LogP contribution in [0.4, 0.5) is 0 Å². The molecule has 0 aromatic heterocycles. The van der Waals surface area contributed by atoms with E-state index in [0.29, 0.717) is 5.84 Å². The summed E-state index contributed by atoms with van der Waals surface area (Å²) < 4.78 is 11.6. The Morgan fingerprint density at radius 2 is 1.83 bits per heavy atom. The maximum absolute atomic E-state index is 5.79. The average molecular weight is 325 g/mol. The number of nitrogens with zero attached hydrogens (tertiary/aromatic N) is 3. The fraction of sp³-hybridized carbons (Fsp3) is 0.200. The Balaban J connectivity index is 2.46. The smallest absolute Gasteiger partial charge is 0.250 e. The number of alkyl halides is 3. The molecule has 1 aromatic rings. The molecule has 0 saturated heterocycles. The molecular formula is C10H8Cl3N3OS. The summed E-state index contributed by atoms with van der Waals surface area (Å²) in [5, 5.41) is 0. The Bertz CT molecular complexity index is 537. The Morgan fingerprint density at radius 3 is 2.39 bits per heavy atom. The molecule has 0 amide bonds. The lowest BCUT2D eigenvalue weighted by atomic mass is 10.2. The quantitative estimate of drug-likeness (QED) is 0.768. The first kappa shape index (κ1) is 14.0. The Kier molecular flexibility index (Phi) is 4.40. The van der Waals surface area contributed by atoms with E-state index in [2.05, 4.69) is 13.8 Å². The van der Waals surface area contributed by atoms with E-state index in [-0.39, 0.29) is 5.84 Å². The molecule has 96 valence electrons. The van der Waals surface area contributed by atoms with E-state index in [1.807, 2.05) is 30.3 Å². The second-order valence-electron chi connectivity index (χ2n) is 3.20. The second kappa shape index (κ2) is 5.67. The van der Waals surface area contributed by atoms with Crippen LogP contribution >= 0.6 is 34.8 Å². The van der Waals surface area contributed by atoms with Crippen molar-refractivity contribution in [2.24, 2.45) is 13.8 Å². The summed E-state index contributed by atoms with van der Waals surface area (Å²) in [5.41, 5.74) is 0.814. The van der Waals surface area contributed by atoms with Crippen LogP contribution in [-0.2, 0) is 15.3 Å². The van der Waals surface area contributed by atoms with Gasteiger partial charge >= 0.3 is 0 Å². The molecule has 1 aromatic carbocycles. The molecule has 0 bridgehead atoms. The van der Waals surface area contributed by atoms with Crippen LogP contribution in [0.1, 0.15) is 5.56 Å². The SMILES string of the molecule is COS1=NC(c2ccccc2)=NC(C(Cl)(Cl)Cl)=N1. The standard InChI is InChI=1S/C10H8Cl3N3OS/c1-17-18-15-8(7-5-3-2-4-6-7)14-9(16-18)10(11,12)13/h2-6H,1H3. The minimum absolute atomic E-state index is 0.0755. The minimum Gasteiger partial charge on any atom is -0.292 e. The summed E-state index contributed by atoms with van der Waals surface area (Å²) in [7, 11) is 1.49. The fourth-order valence-corrected chi connectivity index (χ4v) is 2.42. The highest BCUT2D eigenvalue weighted by molar-refractivity contribution is 7.81. The van der Waals surface area contributed by atoms with Crippen molar-refractivity contribution in [1.29, 1.82) is 0 Å². The predicted octanol–water partition coefficient (Wildman–Crippen LogP) is 3.49. The Morgan fingerprint density at radius 1 is 1.17 bits per heavy atom.